The van der Waals surface area contributed by atoms with E-state index in [2.05, 4.69) is 16.7 Å². The van der Waals surface area contributed by atoms with Crippen molar-refractivity contribution in [3.63, 3.8) is 0 Å². The Morgan fingerprint density at radius 3 is 2.93 bits per heavy atom. The Kier molecular flexibility index (Phi) is 1.84. The molecule has 1 atom stereocenters. The number of nitrogens with one attached hydrogen (secondary N) is 2. The number of anilines is 2. The predicted octanol–water partition coefficient (Wildman–Crippen LogP) is 2.96. The van der Waals surface area contributed by atoms with Gasteiger partial charge in [-0.1, -0.05) is 17.7 Å². The highest BCUT2D eigenvalue weighted by Crippen LogP contribution is 2.39. The molecule has 1 aliphatic heterocycles. The molecule has 1 aliphatic carbocycles. The Morgan fingerprint density at radius 1 is 1.29 bits per heavy atom. The Morgan fingerprint density at radius 2 is 2.14 bits per heavy atom. The smallest absolute Gasteiger partial charge is 0.0766 e. The lowest BCUT2D eigenvalue weighted by Crippen LogP contribution is -2.34. The predicted molar refractivity (Wildman–Crippen MR) is 60.1 cm³/mol. The van der Waals surface area contributed by atoms with Crippen LogP contribution in [0.1, 0.15) is 12.8 Å². The lowest BCUT2D eigenvalue weighted by molar-refractivity contribution is 0.653. The number of rotatable bonds is 1. The van der Waals surface area contributed by atoms with Crippen LogP contribution in [-0.4, -0.2) is 12.6 Å². The summed E-state index contributed by atoms with van der Waals surface area (Å²) >= 11 is 6.08. The molecule has 0 radical (unpaired) electrons. The highest BCUT2D eigenvalue weighted by molar-refractivity contribution is 6.34. The van der Waals surface area contributed by atoms with Crippen molar-refractivity contribution >= 4 is 23.0 Å². The summed E-state index contributed by atoms with van der Waals surface area (Å²) in [5.74, 6) is 0.870. The van der Waals surface area contributed by atoms with Gasteiger partial charge in [-0.3, -0.25) is 0 Å². The Labute approximate surface area is 88.6 Å². The molecule has 1 unspecified atom stereocenters. The molecule has 2 aliphatic rings. The summed E-state index contributed by atoms with van der Waals surface area (Å²) in [4.78, 5) is 0. The molecule has 1 heterocycles. The van der Waals surface area contributed by atoms with Crippen LogP contribution >= 0.6 is 11.6 Å². The first kappa shape index (κ1) is 8.42. The fourth-order valence-electron chi connectivity index (χ4n) is 2.07. The van der Waals surface area contributed by atoms with Crippen molar-refractivity contribution in [1.29, 1.82) is 0 Å². The average Bonchev–Trinajstić information content (AvgIpc) is 3.01. The molecule has 1 saturated carbocycles. The molecule has 2 nitrogen and oxygen atoms in total. The van der Waals surface area contributed by atoms with E-state index in [0.29, 0.717) is 6.04 Å². The molecule has 1 aromatic rings. The van der Waals surface area contributed by atoms with Gasteiger partial charge < -0.3 is 10.6 Å². The van der Waals surface area contributed by atoms with Gasteiger partial charge in [-0.2, -0.15) is 0 Å². The second-order valence-corrected chi connectivity index (χ2v) is 4.54. The van der Waals surface area contributed by atoms with E-state index < -0.39 is 0 Å². The van der Waals surface area contributed by atoms with Crippen LogP contribution in [0, 0.1) is 5.92 Å². The Bertz CT molecular complexity index is 360. The summed E-state index contributed by atoms with van der Waals surface area (Å²) in [6.07, 6.45) is 2.74. The lowest BCUT2D eigenvalue weighted by atomic mass is 10.1. The molecule has 74 valence electrons. The van der Waals surface area contributed by atoms with E-state index in [9.17, 15) is 0 Å². The van der Waals surface area contributed by atoms with E-state index in [-0.39, 0.29) is 0 Å². The van der Waals surface area contributed by atoms with Crippen LogP contribution in [0.4, 0.5) is 11.4 Å². The first-order chi connectivity index (χ1) is 6.84. The van der Waals surface area contributed by atoms with E-state index in [1.807, 2.05) is 12.1 Å². The minimum absolute atomic E-state index is 0.598. The summed E-state index contributed by atoms with van der Waals surface area (Å²) in [6.45, 7) is 1.00. The fraction of sp³-hybridized carbons (Fsp3) is 0.455. The summed E-state index contributed by atoms with van der Waals surface area (Å²) < 4.78 is 0. The Hall–Kier alpha value is -0.890. The van der Waals surface area contributed by atoms with Crippen molar-refractivity contribution in [1.82, 2.24) is 0 Å². The first-order valence-corrected chi connectivity index (χ1v) is 5.51. The quantitative estimate of drug-likeness (QED) is 0.742. The molecule has 3 rings (SSSR count). The lowest BCUT2D eigenvalue weighted by Gasteiger charge is -2.28. The summed E-state index contributed by atoms with van der Waals surface area (Å²) in [5, 5.41) is 7.77. The third-order valence-electron chi connectivity index (χ3n) is 3.04. The highest BCUT2D eigenvalue weighted by Gasteiger charge is 2.33. The van der Waals surface area contributed by atoms with Gasteiger partial charge in [0.2, 0.25) is 0 Å². The maximum atomic E-state index is 6.08. The molecule has 1 aromatic carbocycles. The molecule has 0 aromatic heterocycles. The zero-order chi connectivity index (χ0) is 9.54. The van der Waals surface area contributed by atoms with Gasteiger partial charge in [-0.25, -0.2) is 0 Å². The normalized spacial score (nSPS) is 24.8. The topological polar surface area (TPSA) is 24.1 Å². The van der Waals surface area contributed by atoms with Gasteiger partial charge in [0.25, 0.3) is 0 Å². The molecule has 0 amide bonds. The largest absolute Gasteiger partial charge is 0.380 e. The minimum atomic E-state index is 0.598. The molecule has 2 N–H and O–H groups in total. The van der Waals surface area contributed by atoms with Crippen molar-refractivity contribution in [3.05, 3.63) is 23.2 Å². The maximum absolute atomic E-state index is 6.08. The maximum Gasteiger partial charge on any atom is 0.0766 e. The minimum Gasteiger partial charge on any atom is -0.380 e. The monoisotopic (exact) mass is 208 g/mol. The van der Waals surface area contributed by atoms with Crippen molar-refractivity contribution < 1.29 is 0 Å². The van der Waals surface area contributed by atoms with E-state index >= 15 is 0 Å². The van der Waals surface area contributed by atoms with Gasteiger partial charge in [-0.05, 0) is 30.9 Å². The third-order valence-corrected chi connectivity index (χ3v) is 3.36. The second kappa shape index (κ2) is 3.06. The van der Waals surface area contributed by atoms with Crippen molar-refractivity contribution in [2.75, 3.05) is 17.2 Å². The van der Waals surface area contributed by atoms with Crippen molar-refractivity contribution in [2.24, 2.45) is 5.92 Å². The number of benzene rings is 1. The zero-order valence-corrected chi connectivity index (χ0v) is 8.64. The summed E-state index contributed by atoms with van der Waals surface area (Å²) in [7, 11) is 0. The van der Waals surface area contributed by atoms with Gasteiger partial charge in [0.15, 0.2) is 0 Å². The molecule has 0 spiro atoms. The molecular weight excluding hydrogens is 196 g/mol. The number of fused-ring (bicyclic) bond motifs is 1. The first-order valence-electron chi connectivity index (χ1n) is 5.13. The molecule has 0 saturated heterocycles. The third kappa shape index (κ3) is 1.34. The van der Waals surface area contributed by atoms with Crippen LogP contribution < -0.4 is 10.6 Å². The number of hydrogen-bond acceptors (Lipinski definition) is 2. The molecule has 0 bridgehead atoms. The van der Waals surface area contributed by atoms with Crippen molar-refractivity contribution in [2.45, 2.75) is 18.9 Å². The molecule has 3 heteroatoms. The van der Waals surface area contributed by atoms with E-state index in [1.54, 1.807) is 0 Å². The number of para-hydroxylation sites is 1. The molecule has 14 heavy (non-hydrogen) atoms. The fourth-order valence-corrected chi connectivity index (χ4v) is 2.31. The van der Waals surface area contributed by atoms with Crippen LogP contribution in [0.3, 0.4) is 0 Å². The molecular formula is C11H13ClN2. The second-order valence-electron chi connectivity index (χ2n) is 4.13. The van der Waals surface area contributed by atoms with Gasteiger partial charge in [0.05, 0.1) is 16.4 Å². The number of hydrogen-bond donors (Lipinski definition) is 2. The van der Waals surface area contributed by atoms with Gasteiger partial charge in [0.1, 0.15) is 0 Å². The highest BCUT2D eigenvalue weighted by atomic mass is 35.5. The molecule has 1 fully saturated rings. The number of halogens is 1. The van der Waals surface area contributed by atoms with E-state index in [4.69, 9.17) is 11.6 Å². The van der Waals surface area contributed by atoms with Gasteiger partial charge in [0, 0.05) is 12.6 Å². The van der Waals surface area contributed by atoms with Crippen LogP contribution in [0.5, 0.6) is 0 Å². The van der Waals surface area contributed by atoms with E-state index in [1.165, 1.54) is 12.8 Å². The van der Waals surface area contributed by atoms with Crippen LogP contribution in [0.15, 0.2) is 18.2 Å². The zero-order valence-electron chi connectivity index (χ0n) is 7.89. The summed E-state index contributed by atoms with van der Waals surface area (Å²) in [6, 6.07) is 6.60. The standard InChI is InChI=1S/C11H13ClN2/c12-8-2-1-3-9-11(8)13-6-10(14-9)7-4-5-7/h1-3,7,10,13-14H,4-6H2. The van der Waals surface area contributed by atoms with Gasteiger partial charge >= 0.3 is 0 Å². The van der Waals surface area contributed by atoms with Crippen LogP contribution in [0.25, 0.3) is 0 Å². The SMILES string of the molecule is Clc1cccc2c1NCC(C1CC1)N2. The van der Waals surface area contributed by atoms with E-state index in [0.717, 1.165) is 28.9 Å². The summed E-state index contributed by atoms with van der Waals surface area (Å²) in [5.41, 5.74) is 2.21. The Balaban J connectivity index is 1.90. The van der Waals surface area contributed by atoms with Crippen molar-refractivity contribution in [3.8, 4) is 0 Å². The van der Waals surface area contributed by atoms with Crippen LogP contribution in [-0.2, 0) is 0 Å². The average molecular weight is 209 g/mol. The van der Waals surface area contributed by atoms with Gasteiger partial charge in [-0.15, -0.1) is 0 Å². The van der Waals surface area contributed by atoms with Crippen LogP contribution in [0.2, 0.25) is 5.02 Å².